The van der Waals surface area contributed by atoms with Crippen LogP contribution in [-0.2, 0) is 0 Å². The van der Waals surface area contributed by atoms with Crippen LogP contribution in [0.4, 0.5) is 10.1 Å². The predicted octanol–water partition coefficient (Wildman–Crippen LogP) is 3.90. The van der Waals surface area contributed by atoms with Gasteiger partial charge in [0.05, 0.1) is 11.8 Å². The maximum absolute atomic E-state index is 14.3. The fourth-order valence-corrected chi connectivity index (χ4v) is 4.01. The molecule has 0 bridgehead atoms. The number of fused-ring (bicyclic) bond motifs is 1. The van der Waals surface area contributed by atoms with E-state index in [-0.39, 0.29) is 5.82 Å². The third-order valence-electron chi connectivity index (χ3n) is 5.08. The first-order valence-electron chi connectivity index (χ1n) is 7.88. The molecular formula is C17H24FNO. The van der Waals surface area contributed by atoms with Crippen molar-refractivity contribution < 1.29 is 9.50 Å². The van der Waals surface area contributed by atoms with Gasteiger partial charge in [0.1, 0.15) is 5.82 Å². The Labute approximate surface area is 120 Å². The second-order valence-electron chi connectivity index (χ2n) is 6.39. The van der Waals surface area contributed by atoms with Crippen LogP contribution in [0, 0.1) is 17.7 Å². The number of hydrogen-bond acceptors (Lipinski definition) is 2. The lowest BCUT2D eigenvalue weighted by molar-refractivity contribution is 0.192. The van der Waals surface area contributed by atoms with E-state index >= 15 is 0 Å². The van der Waals surface area contributed by atoms with Gasteiger partial charge in [0.25, 0.3) is 0 Å². The Balaban J connectivity index is 1.86. The van der Waals surface area contributed by atoms with Crippen LogP contribution in [0.1, 0.15) is 50.7 Å². The predicted molar refractivity (Wildman–Crippen MR) is 79.3 cm³/mol. The van der Waals surface area contributed by atoms with E-state index in [4.69, 9.17) is 0 Å². The van der Waals surface area contributed by atoms with E-state index in [9.17, 15) is 9.50 Å². The first-order chi connectivity index (χ1) is 9.66. The Hall–Kier alpha value is -1.09. The Bertz CT molecular complexity index is 474. The second kappa shape index (κ2) is 5.72. The van der Waals surface area contributed by atoms with Gasteiger partial charge in [0.15, 0.2) is 0 Å². The van der Waals surface area contributed by atoms with E-state index < -0.39 is 6.10 Å². The van der Waals surface area contributed by atoms with E-state index in [0.717, 1.165) is 31.0 Å². The van der Waals surface area contributed by atoms with Gasteiger partial charge < -0.3 is 10.0 Å². The fourth-order valence-electron chi connectivity index (χ4n) is 4.01. The SMILES string of the molecule is C[C@@H](O)c1cccc(F)c1N1CCC2CCCCC2C1. The number of hydrogen-bond donors (Lipinski definition) is 1. The van der Waals surface area contributed by atoms with Crippen LogP contribution in [0.15, 0.2) is 18.2 Å². The average Bonchev–Trinajstić information content (AvgIpc) is 2.46. The lowest BCUT2D eigenvalue weighted by atomic mass is 9.75. The molecule has 1 heterocycles. The number of nitrogens with zero attached hydrogens (tertiary/aromatic N) is 1. The van der Waals surface area contributed by atoms with Gasteiger partial charge in [-0.2, -0.15) is 0 Å². The first kappa shape index (κ1) is 13.9. The largest absolute Gasteiger partial charge is 0.389 e. The number of halogens is 1. The fraction of sp³-hybridized carbons (Fsp3) is 0.647. The summed E-state index contributed by atoms with van der Waals surface area (Å²) in [6.45, 7) is 3.58. The van der Waals surface area contributed by atoms with Crippen LogP contribution in [0.25, 0.3) is 0 Å². The summed E-state index contributed by atoms with van der Waals surface area (Å²) in [4.78, 5) is 2.17. The number of para-hydroxylation sites is 1. The summed E-state index contributed by atoms with van der Waals surface area (Å²) in [6, 6.07) is 5.04. The molecule has 0 radical (unpaired) electrons. The van der Waals surface area contributed by atoms with Gasteiger partial charge in [-0.3, -0.25) is 0 Å². The number of rotatable bonds is 2. The quantitative estimate of drug-likeness (QED) is 0.886. The summed E-state index contributed by atoms with van der Waals surface area (Å²) in [7, 11) is 0. The number of piperidine rings is 1. The summed E-state index contributed by atoms with van der Waals surface area (Å²) in [5.41, 5.74) is 1.35. The van der Waals surface area contributed by atoms with Crippen molar-refractivity contribution in [3.63, 3.8) is 0 Å². The van der Waals surface area contributed by atoms with Crippen molar-refractivity contribution in [2.24, 2.45) is 11.8 Å². The highest BCUT2D eigenvalue weighted by atomic mass is 19.1. The van der Waals surface area contributed by atoms with Gasteiger partial charge in [0, 0.05) is 18.7 Å². The molecule has 2 aliphatic rings. The van der Waals surface area contributed by atoms with E-state index in [1.807, 2.05) is 6.07 Å². The summed E-state index contributed by atoms with van der Waals surface area (Å²) in [5, 5.41) is 9.90. The monoisotopic (exact) mass is 277 g/mol. The average molecular weight is 277 g/mol. The zero-order valence-corrected chi connectivity index (χ0v) is 12.2. The van der Waals surface area contributed by atoms with Gasteiger partial charge in [-0.15, -0.1) is 0 Å². The zero-order chi connectivity index (χ0) is 14.1. The minimum Gasteiger partial charge on any atom is -0.389 e. The Morgan fingerprint density at radius 2 is 1.95 bits per heavy atom. The topological polar surface area (TPSA) is 23.5 Å². The van der Waals surface area contributed by atoms with Crippen LogP contribution >= 0.6 is 0 Å². The molecule has 1 aromatic rings. The van der Waals surface area contributed by atoms with Gasteiger partial charge in [0.2, 0.25) is 0 Å². The standard InChI is InChI=1S/C17H24FNO/c1-12(20)15-7-4-8-16(18)17(15)19-10-9-13-5-2-3-6-14(13)11-19/h4,7-8,12-14,20H,2-3,5-6,9-11H2,1H3/t12-,13?,14?/m1/s1. The smallest absolute Gasteiger partial charge is 0.146 e. The molecule has 0 spiro atoms. The molecule has 1 saturated heterocycles. The molecule has 1 aliphatic carbocycles. The summed E-state index contributed by atoms with van der Waals surface area (Å²) in [6.07, 6.45) is 5.84. The Morgan fingerprint density at radius 1 is 1.20 bits per heavy atom. The molecule has 1 aliphatic heterocycles. The number of anilines is 1. The highest BCUT2D eigenvalue weighted by Gasteiger charge is 2.32. The third kappa shape index (κ3) is 2.56. The van der Waals surface area contributed by atoms with Crippen molar-refractivity contribution in [2.75, 3.05) is 18.0 Å². The molecule has 0 aromatic heterocycles. The highest BCUT2D eigenvalue weighted by Crippen LogP contribution is 2.39. The van der Waals surface area contributed by atoms with Crippen LogP contribution in [0.2, 0.25) is 0 Å². The van der Waals surface area contributed by atoms with Gasteiger partial charge >= 0.3 is 0 Å². The van der Waals surface area contributed by atoms with Crippen LogP contribution in [0.5, 0.6) is 0 Å². The number of benzene rings is 1. The summed E-state index contributed by atoms with van der Waals surface area (Å²) in [5.74, 6) is 1.35. The van der Waals surface area contributed by atoms with Crippen molar-refractivity contribution in [1.29, 1.82) is 0 Å². The van der Waals surface area contributed by atoms with E-state index in [2.05, 4.69) is 4.90 Å². The van der Waals surface area contributed by atoms with Crippen molar-refractivity contribution in [1.82, 2.24) is 0 Å². The molecule has 3 heteroatoms. The zero-order valence-electron chi connectivity index (χ0n) is 12.2. The van der Waals surface area contributed by atoms with Crippen molar-refractivity contribution >= 4 is 5.69 Å². The molecule has 3 atom stereocenters. The van der Waals surface area contributed by atoms with E-state index in [1.165, 1.54) is 31.7 Å². The minimum atomic E-state index is -0.621. The van der Waals surface area contributed by atoms with Crippen molar-refractivity contribution in [3.8, 4) is 0 Å². The third-order valence-corrected chi connectivity index (χ3v) is 5.08. The molecular weight excluding hydrogens is 253 g/mol. The normalized spacial score (nSPS) is 28.1. The molecule has 1 saturated carbocycles. The lowest BCUT2D eigenvalue weighted by Gasteiger charge is -2.43. The molecule has 2 nitrogen and oxygen atoms in total. The van der Waals surface area contributed by atoms with Crippen LogP contribution in [0.3, 0.4) is 0 Å². The van der Waals surface area contributed by atoms with Crippen LogP contribution < -0.4 is 4.90 Å². The molecule has 20 heavy (non-hydrogen) atoms. The maximum atomic E-state index is 14.3. The van der Waals surface area contributed by atoms with E-state index in [0.29, 0.717) is 11.6 Å². The maximum Gasteiger partial charge on any atom is 0.146 e. The molecule has 1 aromatic carbocycles. The summed E-state index contributed by atoms with van der Waals surface area (Å²) < 4.78 is 14.3. The molecule has 2 fully saturated rings. The summed E-state index contributed by atoms with van der Waals surface area (Å²) >= 11 is 0. The van der Waals surface area contributed by atoms with Crippen molar-refractivity contribution in [2.45, 2.75) is 45.1 Å². The molecule has 110 valence electrons. The molecule has 0 amide bonds. The lowest BCUT2D eigenvalue weighted by Crippen LogP contribution is -2.42. The van der Waals surface area contributed by atoms with Gasteiger partial charge in [-0.25, -0.2) is 4.39 Å². The Morgan fingerprint density at radius 3 is 2.70 bits per heavy atom. The molecule has 3 rings (SSSR count). The number of aliphatic hydroxyl groups excluding tert-OH is 1. The number of aliphatic hydroxyl groups is 1. The van der Waals surface area contributed by atoms with Gasteiger partial charge in [-0.05, 0) is 37.7 Å². The van der Waals surface area contributed by atoms with E-state index in [1.54, 1.807) is 13.0 Å². The second-order valence-corrected chi connectivity index (χ2v) is 6.39. The minimum absolute atomic E-state index is 0.197. The molecule has 2 unspecified atom stereocenters. The van der Waals surface area contributed by atoms with Crippen LogP contribution in [-0.4, -0.2) is 18.2 Å². The Kier molecular flexibility index (Phi) is 3.97. The first-order valence-corrected chi connectivity index (χ1v) is 7.88. The van der Waals surface area contributed by atoms with Crippen molar-refractivity contribution in [3.05, 3.63) is 29.6 Å². The molecule has 1 N–H and O–H groups in total. The van der Waals surface area contributed by atoms with Gasteiger partial charge in [-0.1, -0.05) is 31.4 Å². The highest BCUT2D eigenvalue weighted by molar-refractivity contribution is 5.56.